The van der Waals surface area contributed by atoms with Crippen LogP contribution in [-0.4, -0.2) is 97.0 Å². The van der Waals surface area contributed by atoms with E-state index in [1.54, 1.807) is 0 Å². The van der Waals surface area contributed by atoms with Crippen LogP contribution >= 0.6 is 0 Å². The Hall–Kier alpha value is -4.88. The molecule has 4 N–H and O–H groups in total. The molecule has 13 heteroatoms. The summed E-state index contributed by atoms with van der Waals surface area (Å²) in [5.41, 5.74) is 3.47. The van der Waals surface area contributed by atoms with Gasteiger partial charge < -0.3 is 24.9 Å². The largest absolute Gasteiger partial charge is 0.473 e. The second-order valence-corrected chi connectivity index (χ2v) is 8.49. The first kappa shape index (κ1) is 31.3. The molecule has 212 valence electrons. The second kappa shape index (κ2) is 16.2. The third-order valence-corrected chi connectivity index (χ3v) is 5.44. The Morgan fingerprint density at radius 3 is 1.85 bits per heavy atom. The summed E-state index contributed by atoms with van der Waals surface area (Å²) >= 11 is 0. The highest BCUT2D eigenvalue weighted by Crippen LogP contribution is 2.17. The minimum atomic E-state index is -1.82. The molecular formula is C27H30N4O9. The summed E-state index contributed by atoms with van der Waals surface area (Å²) < 4.78 is 5.47. The number of hydrogen-bond donors (Lipinski definition) is 4. The molecule has 1 aliphatic rings. The van der Waals surface area contributed by atoms with E-state index < -0.39 is 23.9 Å². The van der Waals surface area contributed by atoms with Crippen molar-refractivity contribution >= 4 is 30.0 Å². The molecule has 0 radical (unpaired) electrons. The van der Waals surface area contributed by atoms with E-state index in [1.807, 2.05) is 18.2 Å². The molecule has 2 heterocycles. The van der Waals surface area contributed by atoms with Gasteiger partial charge in [-0.05, 0) is 12.5 Å². The molecular weight excluding hydrogens is 524 g/mol. The monoisotopic (exact) mass is 554 g/mol. The molecule has 13 nitrogen and oxygen atoms in total. The predicted octanol–water partition coefficient (Wildman–Crippen LogP) is 2.19. The molecule has 1 saturated heterocycles. The van der Waals surface area contributed by atoms with Crippen LogP contribution in [0.5, 0.6) is 0 Å². The fourth-order valence-electron chi connectivity index (χ4n) is 3.36. The fraction of sp³-hybridized carbons (Fsp3) is 0.259. The zero-order chi connectivity index (χ0) is 29.5. The number of piperazine rings is 1. The highest BCUT2D eigenvalue weighted by molar-refractivity contribution is 6.27. The molecule has 1 aliphatic heterocycles. The molecule has 0 bridgehead atoms. The van der Waals surface area contributed by atoms with Gasteiger partial charge in [0, 0.05) is 38.3 Å². The number of carbonyl (C=O) groups is 4. The Labute approximate surface area is 229 Å². The van der Waals surface area contributed by atoms with Crippen molar-refractivity contribution in [3.63, 3.8) is 0 Å². The zero-order valence-electron chi connectivity index (χ0n) is 21.7. The third kappa shape index (κ3) is 11.7. The molecule has 40 heavy (non-hydrogen) atoms. The predicted molar refractivity (Wildman–Crippen MR) is 142 cm³/mol. The van der Waals surface area contributed by atoms with Crippen molar-refractivity contribution in [2.45, 2.75) is 13.5 Å². The Balaban J connectivity index is 0.000000393. The highest BCUT2D eigenvalue weighted by atomic mass is 16.5. The number of aliphatic carboxylic acids is 4. The van der Waals surface area contributed by atoms with Crippen molar-refractivity contribution in [3.05, 3.63) is 77.7 Å². The average Bonchev–Trinajstić information content (AvgIpc) is 3.40. The molecule has 0 spiro atoms. The molecule has 0 atom stereocenters. The van der Waals surface area contributed by atoms with E-state index in [-0.39, 0.29) is 0 Å². The van der Waals surface area contributed by atoms with Gasteiger partial charge >= 0.3 is 23.9 Å². The van der Waals surface area contributed by atoms with Crippen molar-refractivity contribution in [2.75, 3.05) is 32.7 Å². The summed E-state index contributed by atoms with van der Waals surface area (Å²) in [6, 6.07) is 18.6. The van der Waals surface area contributed by atoms with Crippen LogP contribution in [0.15, 0.2) is 65.2 Å². The molecule has 0 saturated carbocycles. The minimum Gasteiger partial charge on any atom is -0.473 e. The van der Waals surface area contributed by atoms with Crippen LogP contribution in [-0.2, 0) is 25.7 Å². The molecule has 0 unspecified atom stereocenters. The van der Waals surface area contributed by atoms with Crippen molar-refractivity contribution < 1.29 is 44.1 Å². The van der Waals surface area contributed by atoms with Gasteiger partial charge in [-0.25, -0.2) is 19.2 Å². The summed E-state index contributed by atoms with van der Waals surface area (Å²) in [4.78, 5) is 45.8. The number of rotatable bonds is 6. The smallest absolute Gasteiger partial charge is 0.414 e. The maximum absolute atomic E-state index is 9.10. The molecule has 1 fully saturated rings. The quantitative estimate of drug-likeness (QED) is 0.324. The number of nitrogens with zero attached hydrogens (tertiary/aromatic N) is 4. The lowest BCUT2D eigenvalue weighted by Crippen LogP contribution is -2.45. The van der Waals surface area contributed by atoms with Gasteiger partial charge in [0.25, 0.3) is 0 Å². The topological polar surface area (TPSA) is 195 Å². The number of carboxylic acid groups (broad SMARTS) is 4. The third-order valence-electron chi connectivity index (χ3n) is 5.44. The molecule has 1 aromatic heterocycles. The maximum Gasteiger partial charge on any atom is 0.414 e. The first-order valence-electron chi connectivity index (χ1n) is 12.0. The second-order valence-electron chi connectivity index (χ2n) is 8.49. The van der Waals surface area contributed by atoms with Gasteiger partial charge in [0.15, 0.2) is 0 Å². The number of carboxylic acids is 4. The van der Waals surface area contributed by atoms with Crippen molar-refractivity contribution in [3.8, 4) is 11.4 Å². The fourth-order valence-corrected chi connectivity index (χ4v) is 3.36. The van der Waals surface area contributed by atoms with Crippen LogP contribution in [0.25, 0.3) is 17.5 Å². The minimum absolute atomic E-state index is 0.666. The number of benzene rings is 2. The molecule has 0 aliphatic carbocycles. The molecule has 0 amide bonds. The van der Waals surface area contributed by atoms with Crippen LogP contribution in [0.2, 0.25) is 0 Å². The van der Waals surface area contributed by atoms with Crippen LogP contribution in [0, 0.1) is 6.92 Å². The normalized spacial score (nSPS) is 13.4. The lowest BCUT2D eigenvalue weighted by Gasteiger charge is -2.33. The Bertz CT molecular complexity index is 1230. The standard InChI is InChI=1S/C23H26N4O.2C2H2O4/c1-19-9-11-21(12-10-19)23-24-22(28-25-23)18-27-16-14-26(15-17-27)13-5-8-20-6-3-2-4-7-20;2*3-1(4)2(5)6/h2-12H,13-18H2,1H3;2*(H,3,4)(H,5,6). The van der Waals surface area contributed by atoms with Crippen LogP contribution in [0.3, 0.4) is 0 Å². The van der Waals surface area contributed by atoms with Crippen LogP contribution < -0.4 is 0 Å². The van der Waals surface area contributed by atoms with Crippen LogP contribution in [0.4, 0.5) is 0 Å². The van der Waals surface area contributed by atoms with Gasteiger partial charge in [-0.2, -0.15) is 4.98 Å². The van der Waals surface area contributed by atoms with Crippen LogP contribution in [0.1, 0.15) is 17.0 Å². The SMILES string of the molecule is Cc1ccc(-c2noc(CN3CCN(CC=Cc4ccccc4)CC3)n2)cc1.O=C(O)C(=O)O.O=C(O)C(=O)O. The number of aryl methyl sites for hydroxylation is 1. The van der Waals surface area contributed by atoms with E-state index in [0.717, 1.165) is 38.3 Å². The summed E-state index contributed by atoms with van der Waals surface area (Å²) in [7, 11) is 0. The molecule has 4 rings (SSSR count). The van der Waals surface area contributed by atoms with Gasteiger partial charge in [0.2, 0.25) is 11.7 Å². The van der Waals surface area contributed by atoms with Gasteiger partial charge in [-0.3, -0.25) is 9.80 Å². The van der Waals surface area contributed by atoms with Crippen molar-refractivity contribution in [2.24, 2.45) is 0 Å². The van der Waals surface area contributed by atoms with E-state index in [4.69, 9.17) is 44.1 Å². The molecule has 3 aromatic rings. The van der Waals surface area contributed by atoms with Gasteiger partial charge in [0.1, 0.15) is 0 Å². The van der Waals surface area contributed by atoms with E-state index in [0.29, 0.717) is 18.3 Å². The van der Waals surface area contributed by atoms with E-state index in [1.165, 1.54) is 11.1 Å². The summed E-state index contributed by atoms with van der Waals surface area (Å²) in [6.07, 6.45) is 4.44. The van der Waals surface area contributed by atoms with Gasteiger partial charge in [-0.15, -0.1) is 0 Å². The summed E-state index contributed by atoms with van der Waals surface area (Å²) in [5.74, 6) is -5.94. The van der Waals surface area contributed by atoms with E-state index >= 15 is 0 Å². The summed E-state index contributed by atoms with van der Waals surface area (Å²) in [5, 5.41) is 33.7. The lowest BCUT2D eigenvalue weighted by atomic mass is 10.1. The Morgan fingerprint density at radius 1 is 0.800 bits per heavy atom. The maximum atomic E-state index is 9.10. The lowest BCUT2D eigenvalue weighted by molar-refractivity contribution is -0.159. The van der Waals surface area contributed by atoms with E-state index in [9.17, 15) is 0 Å². The highest BCUT2D eigenvalue weighted by Gasteiger charge is 2.19. The number of aromatic nitrogens is 2. The first-order chi connectivity index (χ1) is 19.0. The summed E-state index contributed by atoms with van der Waals surface area (Å²) in [6.45, 7) is 7.91. The van der Waals surface area contributed by atoms with Gasteiger partial charge in [-0.1, -0.05) is 77.5 Å². The van der Waals surface area contributed by atoms with Crippen molar-refractivity contribution in [1.29, 1.82) is 0 Å². The van der Waals surface area contributed by atoms with Gasteiger partial charge in [0.05, 0.1) is 6.54 Å². The van der Waals surface area contributed by atoms with E-state index in [2.05, 4.69) is 75.4 Å². The number of hydrogen-bond acceptors (Lipinski definition) is 9. The first-order valence-corrected chi connectivity index (χ1v) is 12.0. The molecule has 2 aromatic carbocycles. The average molecular weight is 555 g/mol. The zero-order valence-corrected chi connectivity index (χ0v) is 21.7. The van der Waals surface area contributed by atoms with Crippen molar-refractivity contribution in [1.82, 2.24) is 19.9 Å². The Morgan fingerprint density at radius 2 is 1.32 bits per heavy atom. The Kier molecular flexibility index (Phi) is 12.7.